The van der Waals surface area contributed by atoms with Crippen LogP contribution in [-0.2, 0) is 11.2 Å². The number of carboxylic acid groups (broad SMARTS) is 1. The molecule has 0 aromatic heterocycles. The normalized spacial score (nSPS) is 13.6. The highest BCUT2D eigenvalue weighted by atomic mass is 16.5. The van der Waals surface area contributed by atoms with Gasteiger partial charge in [-0.25, -0.2) is 4.79 Å². The number of hydrogen-bond donors (Lipinski definition) is 1. The molecule has 0 aliphatic carbocycles. The monoisotopic (exact) mass is 294 g/mol. The van der Waals surface area contributed by atoms with Crippen LogP contribution in [-0.4, -0.2) is 17.7 Å². The largest absolute Gasteiger partial charge is 0.493 e. The molecule has 3 rings (SSSR count). The van der Waals surface area contributed by atoms with Crippen LogP contribution in [0.3, 0.4) is 0 Å². The van der Waals surface area contributed by atoms with E-state index in [-0.39, 0.29) is 0 Å². The zero-order chi connectivity index (χ0) is 15.5. The van der Waals surface area contributed by atoms with Gasteiger partial charge in [-0.3, -0.25) is 0 Å². The zero-order valence-corrected chi connectivity index (χ0v) is 12.5. The molecule has 2 aromatic carbocycles. The number of benzene rings is 2. The molecule has 1 N–H and O–H groups in total. The van der Waals surface area contributed by atoms with Crippen LogP contribution in [0.25, 0.3) is 17.2 Å². The first-order valence-electron chi connectivity index (χ1n) is 7.47. The second-order valence-electron chi connectivity index (χ2n) is 5.38. The van der Waals surface area contributed by atoms with E-state index in [1.807, 2.05) is 18.2 Å². The maximum atomic E-state index is 11.2. The van der Waals surface area contributed by atoms with Crippen molar-refractivity contribution in [3.8, 4) is 16.9 Å². The fourth-order valence-electron chi connectivity index (χ4n) is 2.60. The van der Waals surface area contributed by atoms with Crippen LogP contribution in [0.2, 0.25) is 0 Å². The molecule has 0 saturated carbocycles. The summed E-state index contributed by atoms with van der Waals surface area (Å²) in [5.41, 5.74) is 4.70. The van der Waals surface area contributed by atoms with Gasteiger partial charge >= 0.3 is 5.97 Å². The van der Waals surface area contributed by atoms with Crippen LogP contribution < -0.4 is 4.74 Å². The van der Waals surface area contributed by atoms with E-state index in [1.54, 1.807) is 6.08 Å². The third kappa shape index (κ3) is 2.89. The van der Waals surface area contributed by atoms with Crippen molar-refractivity contribution in [3.05, 3.63) is 59.2 Å². The van der Waals surface area contributed by atoms with Gasteiger partial charge in [-0.2, -0.15) is 0 Å². The Hall–Kier alpha value is -2.55. The molecule has 0 radical (unpaired) electrons. The minimum absolute atomic E-state index is 0.386. The molecule has 22 heavy (non-hydrogen) atoms. The minimum Gasteiger partial charge on any atom is -0.493 e. The van der Waals surface area contributed by atoms with E-state index in [9.17, 15) is 9.90 Å². The van der Waals surface area contributed by atoms with Gasteiger partial charge in [0, 0.05) is 17.6 Å². The van der Waals surface area contributed by atoms with Gasteiger partial charge in [0.15, 0.2) is 0 Å². The van der Waals surface area contributed by atoms with Crippen LogP contribution in [0.15, 0.2) is 48.0 Å². The fourth-order valence-corrected chi connectivity index (χ4v) is 2.60. The molecule has 3 nitrogen and oxygen atoms in total. The Morgan fingerprint density at radius 2 is 1.86 bits per heavy atom. The summed E-state index contributed by atoms with van der Waals surface area (Å²) in [6.07, 6.45) is 3.15. The number of hydrogen-bond acceptors (Lipinski definition) is 2. The summed E-state index contributed by atoms with van der Waals surface area (Å²) in [7, 11) is 0. The molecule has 112 valence electrons. The van der Waals surface area contributed by atoms with Crippen molar-refractivity contribution in [2.75, 3.05) is 6.61 Å². The number of carboxylic acids is 1. The predicted molar refractivity (Wildman–Crippen MR) is 87.0 cm³/mol. The molecule has 0 saturated heterocycles. The topological polar surface area (TPSA) is 46.5 Å². The second kappa shape index (κ2) is 6.06. The van der Waals surface area contributed by atoms with Gasteiger partial charge in [-0.1, -0.05) is 37.3 Å². The first kappa shape index (κ1) is 14.4. The molecule has 1 aliphatic rings. The van der Waals surface area contributed by atoms with Crippen molar-refractivity contribution in [2.24, 2.45) is 0 Å². The highest BCUT2D eigenvalue weighted by Gasteiger charge is 2.15. The number of aryl methyl sites for hydroxylation is 1. The van der Waals surface area contributed by atoms with Crippen LogP contribution in [0, 0.1) is 0 Å². The Balaban J connectivity index is 2.01. The number of fused-ring (bicyclic) bond motifs is 1. The molecule has 0 spiro atoms. The van der Waals surface area contributed by atoms with E-state index in [4.69, 9.17) is 4.74 Å². The molecular weight excluding hydrogens is 276 g/mol. The Kier molecular flexibility index (Phi) is 3.96. The Morgan fingerprint density at radius 1 is 1.14 bits per heavy atom. The van der Waals surface area contributed by atoms with Gasteiger partial charge in [-0.05, 0) is 41.3 Å². The first-order chi connectivity index (χ1) is 10.7. The number of ether oxygens (including phenoxy) is 1. The quantitative estimate of drug-likeness (QED) is 0.924. The van der Waals surface area contributed by atoms with Crippen molar-refractivity contribution < 1.29 is 14.6 Å². The molecule has 1 heterocycles. The summed E-state index contributed by atoms with van der Waals surface area (Å²) in [4.78, 5) is 11.2. The van der Waals surface area contributed by atoms with Crippen molar-refractivity contribution in [2.45, 2.75) is 19.8 Å². The van der Waals surface area contributed by atoms with Gasteiger partial charge < -0.3 is 9.84 Å². The van der Waals surface area contributed by atoms with E-state index in [2.05, 4.69) is 31.2 Å². The van der Waals surface area contributed by atoms with Crippen molar-refractivity contribution in [1.82, 2.24) is 0 Å². The van der Waals surface area contributed by atoms with E-state index >= 15 is 0 Å². The van der Waals surface area contributed by atoms with Crippen LogP contribution in [0.4, 0.5) is 0 Å². The van der Waals surface area contributed by atoms with Crippen molar-refractivity contribution in [1.29, 1.82) is 0 Å². The van der Waals surface area contributed by atoms with Gasteiger partial charge in [0.05, 0.1) is 6.61 Å². The summed E-state index contributed by atoms with van der Waals surface area (Å²) in [6.45, 7) is 2.53. The van der Waals surface area contributed by atoms with Gasteiger partial charge in [0.2, 0.25) is 0 Å². The maximum Gasteiger partial charge on any atom is 0.331 e. The van der Waals surface area contributed by atoms with Crippen molar-refractivity contribution >= 4 is 12.0 Å². The van der Waals surface area contributed by atoms with Crippen LogP contribution >= 0.6 is 0 Å². The second-order valence-corrected chi connectivity index (χ2v) is 5.38. The van der Waals surface area contributed by atoms with Crippen molar-refractivity contribution in [3.63, 3.8) is 0 Å². The Bertz CT molecular complexity index is 727. The Labute approximate surface area is 129 Å². The third-order valence-corrected chi connectivity index (χ3v) is 3.94. The smallest absolute Gasteiger partial charge is 0.331 e. The first-order valence-corrected chi connectivity index (χ1v) is 7.47. The molecule has 0 atom stereocenters. The fraction of sp³-hybridized carbons (Fsp3) is 0.211. The highest BCUT2D eigenvalue weighted by molar-refractivity contribution is 5.93. The lowest BCUT2D eigenvalue weighted by Crippen LogP contribution is -2.03. The van der Waals surface area contributed by atoms with E-state index in [1.165, 1.54) is 5.56 Å². The number of rotatable bonds is 3. The summed E-state index contributed by atoms with van der Waals surface area (Å²) >= 11 is 0. The standard InChI is InChI=1S/C19H18O3/c1-2-13-3-5-14(6-4-13)15-7-8-18-17(11-15)12-16(19(20)21)9-10-22-18/h3-8,11-12H,2,9-10H2,1H3,(H,20,21). The molecule has 0 unspecified atom stereocenters. The average molecular weight is 294 g/mol. The molecule has 0 bridgehead atoms. The lowest BCUT2D eigenvalue weighted by Gasteiger charge is -2.09. The summed E-state index contributed by atoms with van der Waals surface area (Å²) in [5, 5.41) is 9.21. The summed E-state index contributed by atoms with van der Waals surface area (Å²) in [6, 6.07) is 14.4. The molecule has 2 aromatic rings. The molecule has 1 aliphatic heterocycles. The molecule has 0 fully saturated rings. The van der Waals surface area contributed by atoms with Crippen LogP contribution in [0.5, 0.6) is 5.75 Å². The number of aliphatic carboxylic acids is 1. The molecular formula is C19H18O3. The predicted octanol–water partition coefficient (Wildman–Crippen LogP) is 4.17. The van der Waals surface area contributed by atoms with Gasteiger partial charge in [0.1, 0.15) is 5.75 Å². The van der Waals surface area contributed by atoms with Gasteiger partial charge in [0.25, 0.3) is 0 Å². The molecule has 3 heteroatoms. The summed E-state index contributed by atoms with van der Waals surface area (Å²) < 4.78 is 5.64. The lowest BCUT2D eigenvalue weighted by molar-refractivity contribution is -0.132. The highest BCUT2D eigenvalue weighted by Crippen LogP contribution is 2.31. The van der Waals surface area contributed by atoms with Crippen LogP contribution in [0.1, 0.15) is 24.5 Å². The van der Waals surface area contributed by atoms with E-state index in [0.29, 0.717) is 18.6 Å². The number of carbonyl (C=O) groups is 1. The zero-order valence-electron chi connectivity index (χ0n) is 12.5. The maximum absolute atomic E-state index is 11.2. The van der Waals surface area contributed by atoms with Gasteiger partial charge in [-0.15, -0.1) is 0 Å². The Morgan fingerprint density at radius 3 is 2.55 bits per heavy atom. The lowest BCUT2D eigenvalue weighted by atomic mass is 9.99. The minimum atomic E-state index is -0.880. The third-order valence-electron chi connectivity index (χ3n) is 3.94. The average Bonchev–Trinajstić information content (AvgIpc) is 2.76. The van der Waals surface area contributed by atoms with E-state index in [0.717, 1.165) is 28.9 Å². The molecule has 0 amide bonds. The van der Waals surface area contributed by atoms with E-state index < -0.39 is 5.97 Å². The summed E-state index contributed by atoms with van der Waals surface area (Å²) in [5.74, 6) is -0.140. The SMILES string of the molecule is CCc1ccc(-c2ccc3c(c2)C=C(C(=O)O)CCO3)cc1.